The maximum Gasteiger partial charge on any atom is 0.326 e. The predicted molar refractivity (Wildman–Crippen MR) is 50.1 cm³/mol. The number of oxazole rings is 1. The first-order valence-corrected chi connectivity index (χ1v) is 4.54. The molecular weight excluding hydrogens is 200 g/mol. The summed E-state index contributed by atoms with van der Waals surface area (Å²) in [6, 6.07) is -0.854. The Hall–Kier alpha value is -1.85. The molecule has 1 rings (SSSR count). The van der Waals surface area contributed by atoms with Gasteiger partial charge in [0, 0.05) is 0 Å². The van der Waals surface area contributed by atoms with Crippen LogP contribution in [0.2, 0.25) is 0 Å². The Labute approximate surface area is 86.3 Å². The van der Waals surface area contributed by atoms with Crippen molar-refractivity contribution in [1.82, 2.24) is 10.3 Å². The molecule has 0 saturated heterocycles. The van der Waals surface area contributed by atoms with Crippen LogP contribution in [0.3, 0.4) is 0 Å². The summed E-state index contributed by atoms with van der Waals surface area (Å²) in [4.78, 5) is 25.7. The minimum absolute atomic E-state index is 0.0449. The minimum Gasteiger partial charge on any atom is -0.480 e. The molecule has 2 N–H and O–H groups in total. The second-order valence-electron chi connectivity index (χ2n) is 2.97. The zero-order valence-corrected chi connectivity index (χ0v) is 8.27. The molecule has 6 heteroatoms. The molecule has 1 aromatic heterocycles. The van der Waals surface area contributed by atoms with E-state index in [9.17, 15) is 9.59 Å². The van der Waals surface area contributed by atoms with Gasteiger partial charge in [-0.25, -0.2) is 9.78 Å². The van der Waals surface area contributed by atoms with Crippen molar-refractivity contribution in [3.8, 4) is 0 Å². The van der Waals surface area contributed by atoms with Gasteiger partial charge in [-0.2, -0.15) is 0 Å². The van der Waals surface area contributed by atoms with E-state index in [1.165, 1.54) is 12.5 Å². The van der Waals surface area contributed by atoms with Crippen LogP contribution in [-0.2, 0) is 16.0 Å². The number of carbonyl (C=O) groups is 2. The van der Waals surface area contributed by atoms with E-state index in [1.807, 2.05) is 0 Å². The van der Waals surface area contributed by atoms with E-state index in [4.69, 9.17) is 9.52 Å². The van der Waals surface area contributed by atoms with E-state index in [0.29, 0.717) is 6.42 Å². The molecule has 0 radical (unpaired) electrons. The lowest BCUT2D eigenvalue weighted by Crippen LogP contribution is -2.41. The van der Waals surface area contributed by atoms with Crippen LogP contribution in [-0.4, -0.2) is 28.0 Å². The molecule has 0 saturated carbocycles. The highest BCUT2D eigenvalue weighted by atomic mass is 16.4. The standard InChI is InChI=1S/C9H12N2O4/c1-2-6(9(13)14)11-7(12)5-8-10-3-4-15-8/h3-4,6H,2,5H2,1H3,(H,11,12)(H,13,14). The molecule has 0 aliphatic carbocycles. The molecule has 0 bridgehead atoms. The van der Waals surface area contributed by atoms with E-state index in [-0.39, 0.29) is 12.3 Å². The van der Waals surface area contributed by atoms with Crippen molar-refractivity contribution in [2.45, 2.75) is 25.8 Å². The third-order valence-corrected chi connectivity index (χ3v) is 1.84. The lowest BCUT2D eigenvalue weighted by molar-refractivity contribution is -0.141. The fourth-order valence-electron chi connectivity index (χ4n) is 1.06. The summed E-state index contributed by atoms with van der Waals surface area (Å²) >= 11 is 0. The Kier molecular flexibility index (Phi) is 3.84. The molecule has 1 heterocycles. The molecule has 15 heavy (non-hydrogen) atoms. The van der Waals surface area contributed by atoms with Gasteiger partial charge in [-0.15, -0.1) is 0 Å². The normalized spacial score (nSPS) is 12.1. The number of hydrogen-bond donors (Lipinski definition) is 2. The average molecular weight is 212 g/mol. The van der Waals surface area contributed by atoms with Crippen LogP contribution >= 0.6 is 0 Å². The fraction of sp³-hybridized carbons (Fsp3) is 0.444. The van der Waals surface area contributed by atoms with Gasteiger partial charge < -0.3 is 14.8 Å². The molecule has 1 aromatic rings. The summed E-state index contributed by atoms with van der Waals surface area (Å²) in [6.07, 6.45) is 3.08. The maximum absolute atomic E-state index is 11.3. The van der Waals surface area contributed by atoms with Crippen molar-refractivity contribution in [1.29, 1.82) is 0 Å². The third-order valence-electron chi connectivity index (χ3n) is 1.84. The van der Waals surface area contributed by atoms with Crippen molar-refractivity contribution in [2.75, 3.05) is 0 Å². The zero-order chi connectivity index (χ0) is 11.3. The molecule has 1 unspecified atom stereocenters. The van der Waals surface area contributed by atoms with E-state index >= 15 is 0 Å². The van der Waals surface area contributed by atoms with Gasteiger partial charge in [-0.1, -0.05) is 6.92 Å². The number of nitrogens with one attached hydrogen (secondary N) is 1. The fourth-order valence-corrected chi connectivity index (χ4v) is 1.06. The van der Waals surface area contributed by atoms with Crippen LogP contribution in [0.25, 0.3) is 0 Å². The van der Waals surface area contributed by atoms with Gasteiger partial charge in [0.1, 0.15) is 18.7 Å². The average Bonchev–Trinajstić information content (AvgIpc) is 2.66. The van der Waals surface area contributed by atoms with Gasteiger partial charge in [0.2, 0.25) is 11.8 Å². The lowest BCUT2D eigenvalue weighted by atomic mass is 10.2. The summed E-state index contributed by atoms with van der Waals surface area (Å²) in [6.45, 7) is 1.68. The quantitative estimate of drug-likeness (QED) is 0.727. The van der Waals surface area contributed by atoms with Crippen LogP contribution in [0.4, 0.5) is 0 Å². The molecule has 0 aromatic carbocycles. The summed E-state index contributed by atoms with van der Waals surface area (Å²) in [5.74, 6) is -1.18. The van der Waals surface area contributed by atoms with Crippen molar-refractivity contribution >= 4 is 11.9 Å². The summed E-state index contributed by atoms with van der Waals surface area (Å²) in [5.41, 5.74) is 0. The largest absolute Gasteiger partial charge is 0.480 e. The number of carboxylic acids is 1. The topological polar surface area (TPSA) is 92.4 Å². The Morgan fingerprint density at radius 1 is 1.67 bits per heavy atom. The smallest absolute Gasteiger partial charge is 0.326 e. The van der Waals surface area contributed by atoms with Gasteiger partial charge in [-0.05, 0) is 6.42 Å². The van der Waals surface area contributed by atoms with Gasteiger partial charge in [0.15, 0.2) is 0 Å². The first-order valence-electron chi connectivity index (χ1n) is 4.54. The first-order chi connectivity index (χ1) is 7.13. The monoisotopic (exact) mass is 212 g/mol. The maximum atomic E-state index is 11.3. The molecule has 6 nitrogen and oxygen atoms in total. The molecule has 0 spiro atoms. The Morgan fingerprint density at radius 2 is 2.40 bits per heavy atom. The second-order valence-corrected chi connectivity index (χ2v) is 2.97. The van der Waals surface area contributed by atoms with Crippen LogP contribution < -0.4 is 5.32 Å². The second kappa shape index (κ2) is 5.14. The Bertz CT molecular complexity index is 334. The summed E-state index contributed by atoms with van der Waals surface area (Å²) in [5, 5.41) is 11.1. The molecule has 1 amide bonds. The lowest BCUT2D eigenvalue weighted by Gasteiger charge is -2.10. The number of carboxylic acid groups (broad SMARTS) is 1. The van der Waals surface area contributed by atoms with Crippen LogP contribution in [0, 0.1) is 0 Å². The molecule has 1 atom stereocenters. The third kappa shape index (κ3) is 3.41. The van der Waals surface area contributed by atoms with Crippen LogP contribution in [0.15, 0.2) is 16.9 Å². The number of aromatic nitrogens is 1. The van der Waals surface area contributed by atoms with Crippen molar-refractivity contribution in [3.63, 3.8) is 0 Å². The van der Waals surface area contributed by atoms with Crippen LogP contribution in [0.5, 0.6) is 0 Å². The number of hydrogen-bond acceptors (Lipinski definition) is 4. The van der Waals surface area contributed by atoms with Gasteiger partial charge in [0.05, 0.1) is 6.20 Å². The number of aliphatic carboxylic acids is 1. The SMILES string of the molecule is CCC(NC(=O)Cc1ncco1)C(=O)O. The van der Waals surface area contributed by atoms with Crippen molar-refractivity contribution < 1.29 is 19.1 Å². The minimum atomic E-state index is -1.04. The highest BCUT2D eigenvalue weighted by Crippen LogP contribution is 1.97. The summed E-state index contributed by atoms with van der Waals surface area (Å²) < 4.78 is 4.86. The molecule has 0 aliphatic heterocycles. The Morgan fingerprint density at radius 3 is 2.87 bits per heavy atom. The molecule has 0 fully saturated rings. The summed E-state index contributed by atoms with van der Waals surface area (Å²) in [7, 11) is 0. The van der Waals surface area contributed by atoms with Crippen molar-refractivity contribution in [2.24, 2.45) is 0 Å². The van der Waals surface area contributed by atoms with Gasteiger partial charge in [0.25, 0.3) is 0 Å². The molecular formula is C9H12N2O4. The number of rotatable bonds is 5. The van der Waals surface area contributed by atoms with E-state index in [2.05, 4.69) is 10.3 Å². The van der Waals surface area contributed by atoms with E-state index in [0.717, 1.165) is 0 Å². The first kappa shape index (κ1) is 11.2. The Balaban J connectivity index is 2.45. The number of nitrogens with zero attached hydrogens (tertiary/aromatic N) is 1. The van der Waals surface area contributed by atoms with E-state index < -0.39 is 17.9 Å². The molecule has 0 aliphatic rings. The predicted octanol–water partition coefficient (Wildman–Crippen LogP) is 0.196. The zero-order valence-electron chi connectivity index (χ0n) is 8.27. The number of carbonyl (C=O) groups excluding carboxylic acids is 1. The number of amides is 1. The van der Waals surface area contributed by atoms with Gasteiger partial charge in [-0.3, -0.25) is 4.79 Å². The van der Waals surface area contributed by atoms with Crippen molar-refractivity contribution in [3.05, 3.63) is 18.4 Å². The highest BCUT2D eigenvalue weighted by molar-refractivity contribution is 5.84. The van der Waals surface area contributed by atoms with Crippen LogP contribution in [0.1, 0.15) is 19.2 Å². The molecule has 82 valence electrons. The van der Waals surface area contributed by atoms with E-state index in [1.54, 1.807) is 6.92 Å². The highest BCUT2D eigenvalue weighted by Gasteiger charge is 2.18. The van der Waals surface area contributed by atoms with Gasteiger partial charge >= 0.3 is 5.97 Å².